The number of esters is 1. The number of nitrogens with two attached hydrogens (primary N) is 2. The Bertz CT molecular complexity index is 2280. The van der Waals surface area contributed by atoms with Crippen LogP contribution in [0.2, 0.25) is 0 Å². The van der Waals surface area contributed by atoms with Gasteiger partial charge in [-0.1, -0.05) is 25.1 Å². The molecule has 17 nitrogen and oxygen atoms in total. The first-order chi connectivity index (χ1) is 23.0. The lowest BCUT2D eigenvalue weighted by Gasteiger charge is -2.36. The number of carbonyl (C=O) groups excluding carboxylic acids is 1. The molecule has 3 aliphatic heterocycles. The Morgan fingerprint density at radius 3 is 2.79 bits per heavy atom. The lowest BCUT2D eigenvalue weighted by molar-refractivity contribution is -0.171. The third kappa shape index (κ3) is 4.69. The topological polar surface area (TPSA) is 242 Å². The third-order valence-electron chi connectivity index (χ3n) is 9.04. The summed E-state index contributed by atoms with van der Waals surface area (Å²) in [5.74, 6) is -0.954. The van der Waals surface area contributed by atoms with Crippen molar-refractivity contribution in [2.24, 2.45) is 0 Å². The van der Waals surface area contributed by atoms with E-state index >= 15 is 0 Å². The van der Waals surface area contributed by atoms with Crippen LogP contribution in [0.25, 0.3) is 33.5 Å². The predicted octanol–water partition coefficient (Wildman–Crippen LogP) is 1.87. The number of para-hydroxylation sites is 1. The van der Waals surface area contributed by atoms with Crippen LogP contribution in [0.3, 0.4) is 0 Å². The van der Waals surface area contributed by atoms with Gasteiger partial charge in [-0.2, -0.15) is 9.97 Å². The largest absolute Gasteiger partial charge is 0.473 e. The number of aromatic nitrogens is 6. The lowest BCUT2D eigenvalue weighted by Crippen LogP contribution is -2.46. The molecule has 0 radical (unpaired) electrons. The van der Waals surface area contributed by atoms with Crippen molar-refractivity contribution in [3.8, 4) is 11.4 Å². The van der Waals surface area contributed by atoms with Crippen molar-refractivity contribution in [1.29, 1.82) is 0 Å². The van der Waals surface area contributed by atoms with Crippen molar-refractivity contribution in [2.75, 3.05) is 18.1 Å². The highest BCUT2D eigenvalue weighted by atomic mass is 31.2. The van der Waals surface area contributed by atoms with Gasteiger partial charge >= 0.3 is 13.8 Å². The van der Waals surface area contributed by atoms with Gasteiger partial charge in [0.05, 0.1) is 48.1 Å². The Balaban J connectivity index is 1.07. The van der Waals surface area contributed by atoms with Gasteiger partial charge < -0.3 is 35.5 Å². The summed E-state index contributed by atoms with van der Waals surface area (Å²) < 4.78 is 38.8. The molecule has 18 heteroatoms. The van der Waals surface area contributed by atoms with E-state index in [1.54, 1.807) is 13.0 Å². The van der Waals surface area contributed by atoms with Crippen LogP contribution in [0.4, 0.5) is 11.8 Å². The number of rotatable bonds is 7. The van der Waals surface area contributed by atoms with Crippen molar-refractivity contribution < 1.29 is 37.9 Å². The first kappa shape index (κ1) is 30.6. The number of fused-ring (bicyclic) bond motifs is 6. The molecule has 0 saturated carbocycles. The van der Waals surface area contributed by atoms with Crippen LogP contribution >= 0.6 is 7.82 Å². The number of ether oxygens (including phenoxy) is 2. The fourth-order valence-electron chi connectivity index (χ4n) is 6.66. The molecule has 1 fully saturated rings. The molecule has 4 aromatic heterocycles. The van der Waals surface area contributed by atoms with E-state index in [4.69, 9.17) is 35.0 Å². The average Bonchev–Trinajstić information content (AvgIpc) is 3.75. The van der Waals surface area contributed by atoms with E-state index in [-0.39, 0.29) is 60.1 Å². The highest BCUT2D eigenvalue weighted by molar-refractivity contribution is 7.47. The zero-order chi connectivity index (χ0) is 33.5. The molecule has 0 amide bonds. The third-order valence-corrected chi connectivity index (χ3v) is 10.1. The summed E-state index contributed by atoms with van der Waals surface area (Å²) >= 11 is 0. The minimum absolute atomic E-state index is 0.0539. The van der Waals surface area contributed by atoms with Crippen LogP contribution in [-0.4, -0.2) is 63.9 Å². The number of pyridine rings is 2. The van der Waals surface area contributed by atoms with Gasteiger partial charge in [0.25, 0.3) is 5.56 Å². The molecule has 248 valence electrons. The number of nitrogen functional groups attached to an aromatic ring is 2. The van der Waals surface area contributed by atoms with Gasteiger partial charge in [-0.15, -0.1) is 0 Å². The Morgan fingerprint density at radius 1 is 1.17 bits per heavy atom. The normalized spacial score (nSPS) is 24.3. The molecule has 1 unspecified atom stereocenters. The monoisotopic (exact) mass is 676 g/mol. The summed E-state index contributed by atoms with van der Waals surface area (Å²) in [6.45, 7) is 0.900. The molecular formula is C30H29N8O9P. The number of cyclic esters (lactones) is 1. The smallest absolute Gasteiger partial charge is 0.458 e. The molecule has 1 saturated heterocycles. The number of phosphoric acid groups is 1. The highest BCUT2D eigenvalue weighted by Gasteiger charge is 2.53. The first-order valence-corrected chi connectivity index (χ1v) is 16.6. The number of phosphoric ester groups is 1. The molecule has 8 rings (SSSR count). The number of imidazole rings is 1. The minimum Gasteiger partial charge on any atom is -0.458 e. The Morgan fingerprint density at radius 2 is 1.98 bits per heavy atom. The van der Waals surface area contributed by atoms with E-state index in [9.17, 15) is 24.2 Å². The average molecular weight is 677 g/mol. The molecule has 7 heterocycles. The molecule has 0 aliphatic carbocycles. The van der Waals surface area contributed by atoms with E-state index in [0.717, 1.165) is 16.5 Å². The van der Waals surface area contributed by atoms with Crippen LogP contribution in [0.5, 0.6) is 0 Å². The zero-order valence-electron chi connectivity index (χ0n) is 25.3. The molecule has 1 aromatic carbocycles. The Hall–Kier alpha value is -4.77. The summed E-state index contributed by atoms with van der Waals surface area (Å²) in [5.41, 5.74) is 12.4. The number of carbonyl (C=O) groups is 1. The molecule has 6 N–H and O–H groups in total. The second-order valence-corrected chi connectivity index (χ2v) is 13.2. The second kappa shape index (κ2) is 10.9. The number of benzene rings is 1. The van der Waals surface area contributed by atoms with E-state index in [1.165, 1.54) is 15.5 Å². The number of hydrogen-bond donors (Lipinski definition) is 4. The predicted molar refractivity (Wildman–Crippen MR) is 168 cm³/mol. The molecule has 0 bridgehead atoms. The van der Waals surface area contributed by atoms with Crippen LogP contribution in [-0.2, 0) is 46.6 Å². The molecule has 5 atom stereocenters. The molecule has 0 spiro atoms. The van der Waals surface area contributed by atoms with Crippen LogP contribution in [0.15, 0.2) is 47.5 Å². The number of nitrogens with zero attached hydrogens (tertiary/aromatic N) is 6. The van der Waals surface area contributed by atoms with Gasteiger partial charge in [0, 0.05) is 22.9 Å². The fourth-order valence-corrected chi connectivity index (χ4v) is 7.74. The van der Waals surface area contributed by atoms with Crippen LogP contribution in [0.1, 0.15) is 42.7 Å². The highest BCUT2D eigenvalue weighted by Crippen LogP contribution is 2.54. The van der Waals surface area contributed by atoms with E-state index in [0.29, 0.717) is 11.4 Å². The van der Waals surface area contributed by atoms with E-state index in [2.05, 4.69) is 15.0 Å². The van der Waals surface area contributed by atoms with Gasteiger partial charge in [0.1, 0.15) is 24.5 Å². The van der Waals surface area contributed by atoms with Gasteiger partial charge in [-0.25, -0.2) is 19.3 Å². The second-order valence-electron chi connectivity index (χ2n) is 11.8. The zero-order valence-corrected chi connectivity index (χ0v) is 26.2. The Kier molecular flexibility index (Phi) is 6.93. The number of aliphatic hydroxyl groups is 1. The quantitative estimate of drug-likeness (QED) is 0.139. The maximum absolute atomic E-state index is 13.8. The molecule has 48 heavy (non-hydrogen) atoms. The summed E-state index contributed by atoms with van der Waals surface area (Å²) in [5, 5.41) is 11.7. The fraction of sp³-hybridized carbons (Fsp3) is 0.333. The lowest BCUT2D eigenvalue weighted by atomic mass is 9.86. The standard InChI is InChI=1S/C30H29N8O9P/c1-2-30(47-48(42,43)45-12-21-20(39)9-22(46-21)38-13-33-24-25(31)35-29(32)36-26(24)38)17-8-19-23-15(7-14-5-3-4-6-18(14)34-23)10-37(19)27(40)16(17)11-44-28(30)41/h3-8,13,20-22,39H,2,9-12H2,1H3,(H,42,43)(H4,31,32,35,36)/t20-,21+,22+,30-/m0/s1. The SMILES string of the molecule is CC[C@@]1(OP(=O)(O)OC[C@H]2O[C@@H](n3cnc4c(N)nc(N)nc43)C[C@@H]2O)C(=O)OCc2c1cc1n(c2=O)Cc2cc3ccccc3nc2-1. The summed E-state index contributed by atoms with van der Waals surface area (Å²) in [7, 11) is -5.07. The van der Waals surface area contributed by atoms with Gasteiger partial charge in [0.15, 0.2) is 11.5 Å². The van der Waals surface area contributed by atoms with Crippen molar-refractivity contribution in [3.05, 3.63) is 69.8 Å². The van der Waals surface area contributed by atoms with Crippen molar-refractivity contribution in [3.63, 3.8) is 0 Å². The molecule has 3 aliphatic rings. The maximum Gasteiger partial charge on any atom is 0.473 e. The van der Waals surface area contributed by atoms with Crippen molar-refractivity contribution in [1.82, 2.24) is 29.1 Å². The summed E-state index contributed by atoms with van der Waals surface area (Å²) in [4.78, 5) is 55.1. The molecular weight excluding hydrogens is 647 g/mol. The Labute approximate surface area is 270 Å². The van der Waals surface area contributed by atoms with Crippen LogP contribution < -0.4 is 17.0 Å². The summed E-state index contributed by atoms with van der Waals surface area (Å²) in [6, 6.07) is 11.1. The van der Waals surface area contributed by atoms with Gasteiger partial charge in [-0.3, -0.25) is 18.4 Å². The molecule has 5 aromatic rings. The van der Waals surface area contributed by atoms with E-state index in [1.807, 2.05) is 30.3 Å². The van der Waals surface area contributed by atoms with Crippen LogP contribution in [0, 0.1) is 0 Å². The number of anilines is 2. The number of aliphatic hydroxyl groups excluding tert-OH is 1. The summed E-state index contributed by atoms with van der Waals surface area (Å²) in [6.07, 6.45) is -1.71. The van der Waals surface area contributed by atoms with Gasteiger partial charge in [0.2, 0.25) is 11.5 Å². The van der Waals surface area contributed by atoms with Crippen molar-refractivity contribution >= 4 is 47.6 Å². The first-order valence-electron chi connectivity index (χ1n) is 15.1. The maximum atomic E-state index is 13.8. The van der Waals surface area contributed by atoms with Crippen molar-refractivity contribution in [2.45, 2.75) is 57.0 Å². The number of hydrogen-bond acceptors (Lipinski definition) is 14. The van der Waals surface area contributed by atoms with E-state index < -0.39 is 50.0 Å². The van der Waals surface area contributed by atoms with Gasteiger partial charge in [-0.05, 0) is 24.6 Å². The minimum atomic E-state index is -5.07.